The van der Waals surface area contributed by atoms with Crippen LogP contribution in [0.4, 0.5) is 0 Å². The summed E-state index contributed by atoms with van der Waals surface area (Å²) in [6.07, 6.45) is 8.73. The molecule has 0 radical (unpaired) electrons. The maximum atomic E-state index is 5.53. The summed E-state index contributed by atoms with van der Waals surface area (Å²) in [5.41, 5.74) is 11.1. The third-order valence-electron chi connectivity index (χ3n) is 3.80. The van der Waals surface area contributed by atoms with Gasteiger partial charge in [0.05, 0.1) is 6.54 Å². The van der Waals surface area contributed by atoms with Gasteiger partial charge in [-0.2, -0.15) is 0 Å². The Morgan fingerprint density at radius 3 is 2.38 bits per heavy atom. The van der Waals surface area contributed by atoms with Gasteiger partial charge in [0.25, 0.3) is 0 Å². The van der Waals surface area contributed by atoms with Gasteiger partial charge < -0.3 is 22.7 Å². The summed E-state index contributed by atoms with van der Waals surface area (Å²) in [6, 6.07) is 4.53. The Hall–Kier alpha value is -1.13. The lowest BCUT2D eigenvalue weighted by Crippen LogP contribution is -3.00. The summed E-state index contributed by atoms with van der Waals surface area (Å²) in [7, 11) is 0. The Bertz CT molecular complexity index is 552. The van der Waals surface area contributed by atoms with Crippen molar-refractivity contribution in [2.75, 3.05) is 6.54 Å². The lowest BCUT2D eigenvalue weighted by Gasteiger charge is -2.09. The largest absolute Gasteiger partial charge is 1.00 e. The van der Waals surface area contributed by atoms with Crippen molar-refractivity contribution in [3.05, 3.63) is 53.1 Å². The van der Waals surface area contributed by atoms with Crippen LogP contribution in [0.1, 0.15) is 35.1 Å². The molecular weight excluding hydrogens is 326 g/mol. The lowest BCUT2D eigenvalue weighted by molar-refractivity contribution is -0.688. The third-order valence-corrected chi connectivity index (χ3v) is 3.80. The second-order valence-electron chi connectivity index (χ2n) is 5.70. The molecule has 116 valence electrons. The van der Waals surface area contributed by atoms with Gasteiger partial charge in [-0.05, 0) is 56.8 Å². The first-order valence-electron chi connectivity index (χ1n) is 7.42. The molecule has 0 saturated heterocycles. The maximum Gasteiger partial charge on any atom is 0.244 e. The minimum absolute atomic E-state index is 0. The van der Waals surface area contributed by atoms with E-state index in [4.69, 9.17) is 5.73 Å². The van der Waals surface area contributed by atoms with E-state index in [1.165, 1.54) is 22.3 Å². The van der Waals surface area contributed by atoms with Crippen molar-refractivity contribution < 1.29 is 21.5 Å². The van der Waals surface area contributed by atoms with Crippen LogP contribution in [0.5, 0.6) is 0 Å². The van der Waals surface area contributed by atoms with Crippen molar-refractivity contribution in [3.8, 4) is 0 Å². The quantitative estimate of drug-likeness (QED) is 0.552. The van der Waals surface area contributed by atoms with Crippen LogP contribution in [0.25, 0.3) is 0 Å². The van der Waals surface area contributed by atoms with Crippen molar-refractivity contribution in [2.45, 2.75) is 46.7 Å². The highest BCUT2D eigenvalue weighted by atomic mass is 79.9. The molecule has 1 aromatic heterocycles. The van der Waals surface area contributed by atoms with Crippen molar-refractivity contribution >= 4 is 0 Å². The van der Waals surface area contributed by atoms with Crippen LogP contribution in [0.2, 0.25) is 0 Å². The van der Waals surface area contributed by atoms with E-state index in [-0.39, 0.29) is 17.0 Å². The molecule has 0 atom stereocenters. The number of rotatable bonds is 6. The van der Waals surface area contributed by atoms with Crippen molar-refractivity contribution in [2.24, 2.45) is 5.73 Å². The number of aromatic nitrogens is 2. The van der Waals surface area contributed by atoms with Crippen molar-refractivity contribution in [1.29, 1.82) is 0 Å². The summed E-state index contributed by atoms with van der Waals surface area (Å²) < 4.78 is 4.50. The first-order chi connectivity index (χ1) is 9.60. The molecule has 2 rings (SSSR count). The zero-order chi connectivity index (χ0) is 14.5. The summed E-state index contributed by atoms with van der Waals surface area (Å²) in [6.45, 7) is 9.34. The van der Waals surface area contributed by atoms with Crippen LogP contribution in [-0.4, -0.2) is 11.1 Å². The number of halogens is 1. The number of unbranched alkanes of at least 4 members (excludes halogenated alkanes) is 1. The predicted octanol–water partition coefficient (Wildman–Crippen LogP) is -0.508. The molecule has 4 heteroatoms. The van der Waals surface area contributed by atoms with E-state index >= 15 is 0 Å². The van der Waals surface area contributed by atoms with Crippen molar-refractivity contribution in [3.63, 3.8) is 0 Å². The Kier molecular flexibility index (Phi) is 7.12. The average molecular weight is 352 g/mol. The minimum atomic E-state index is 0. The molecule has 0 aliphatic heterocycles. The molecule has 2 N–H and O–H groups in total. The van der Waals surface area contributed by atoms with Gasteiger partial charge in [-0.15, -0.1) is 0 Å². The summed E-state index contributed by atoms with van der Waals surface area (Å²) in [5, 5.41) is 0. The van der Waals surface area contributed by atoms with Crippen LogP contribution in [-0.2, 0) is 13.1 Å². The molecule has 0 unspecified atom stereocenters. The Morgan fingerprint density at radius 2 is 1.76 bits per heavy atom. The lowest BCUT2D eigenvalue weighted by atomic mass is 10.00. The number of nitrogens with zero attached hydrogens (tertiary/aromatic N) is 2. The van der Waals surface area contributed by atoms with Crippen LogP contribution < -0.4 is 27.3 Å². The molecule has 0 saturated carbocycles. The molecule has 21 heavy (non-hydrogen) atoms. The Labute approximate surface area is 138 Å². The monoisotopic (exact) mass is 351 g/mol. The van der Waals surface area contributed by atoms with Gasteiger partial charge in [0.2, 0.25) is 6.33 Å². The van der Waals surface area contributed by atoms with E-state index in [2.05, 4.69) is 60.8 Å². The minimum Gasteiger partial charge on any atom is -1.00 e. The second-order valence-corrected chi connectivity index (χ2v) is 5.70. The molecule has 0 amide bonds. The van der Waals surface area contributed by atoms with Crippen LogP contribution in [0, 0.1) is 20.8 Å². The fourth-order valence-electron chi connectivity index (χ4n) is 2.75. The smallest absolute Gasteiger partial charge is 0.244 e. The Balaban J connectivity index is 0.00000220. The first kappa shape index (κ1) is 17.9. The van der Waals surface area contributed by atoms with Gasteiger partial charge >= 0.3 is 0 Å². The Morgan fingerprint density at radius 1 is 1.10 bits per heavy atom. The molecule has 0 spiro atoms. The number of aryl methyl sites for hydroxylation is 4. The fourth-order valence-corrected chi connectivity index (χ4v) is 2.75. The van der Waals surface area contributed by atoms with Gasteiger partial charge in [0, 0.05) is 0 Å². The van der Waals surface area contributed by atoms with Gasteiger partial charge in [0.15, 0.2) is 0 Å². The number of hydrogen-bond acceptors (Lipinski definition) is 1. The van der Waals surface area contributed by atoms with Gasteiger partial charge in [-0.1, -0.05) is 17.7 Å². The zero-order valence-electron chi connectivity index (χ0n) is 13.3. The van der Waals surface area contributed by atoms with Gasteiger partial charge in [0.1, 0.15) is 18.9 Å². The number of imidazole rings is 1. The topological polar surface area (TPSA) is 34.8 Å². The summed E-state index contributed by atoms with van der Waals surface area (Å²) in [5.74, 6) is 0. The number of hydrogen-bond donors (Lipinski definition) is 1. The van der Waals surface area contributed by atoms with E-state index in [1.807, 2.05) is 0 Å². The molecule has 0 aliphatic rings. The highest BCUT2D eigenvalue weighted by Gasteiger charge is 2.09. The summed E-state index contributed by atoms with van der Waals surface area (Å²) in [4.78, 5) is 0. The second kappa shape index (κ2) is 8.35. The first-order valence-corrected chi connectivity index (χ1v) is 7.42. The normalized spacial score (nSPS) is 10.5. The molecule has 3 nitrogen and oxygen atoms in total. The van der Waals surface area contributed by atoms with E-state index in [1.54, 1.807) is 0 Å². The van der Waals surface area contributed by atoms with Crippen LogP contribution >= 0.6 is 0 Å². The zero-order valence-corrected chi connectivity index (χ0v) is 14.9. The maximum absolute atomic E-state index is 5.53. The molecular formula is C17H26BrN3. The fraction of sp³-hybridized carbons (Fsp3) is 0.471. The molecule has 0 fully saturated rings. The number of nitrogens with two attached hydrogens (primary N) is 1. The standard InChI is InChI=1S/C17H26N3.BrH/c1-14-10-15(2)17(16(3)11-14)12-20-9-8-19(13-20)7-5-4-6-18;/h8-11,13H,4-7,12,18H2,1-3H3;1H/q+1;/p-1. The average Bonchev–Trinajstić information content (AvgIpc) is 2.82. The van der Waals surface area contributed by atoms with Crippen LogP contribution in [0.3, 0.4) is 0 Å². The summed E-state index contributed by atoms with van der Waals surface area (Å²) >= 11 is 0. The van der Waals surface area contributed by atoms with Crippen LogP contribution in [0.15, 0.2) is 30.9 Å². The third kappa shape index (κ3) is 4.97. The van der Waals surface area contributed by atoms with Gasteiger partial charge in [-0.25, -0.2) is 9.13 Å². The van der Waals surface area contributed by atoms with E-state index in [0.717, 1.165) is 32.5 Å². The highest BCUT2D eigenvalue weighted by molar-refractivity contribution is 5.36. The SMILES string of the molecule is Cc1cc(C)c(C[n+]2ccn(CCCCN)c2)c(C)c1.[Br-]. The van der Waals surface area contributed by atoms with E-state index in [9.17, 15) is 0 Å². The highest BCUT2D eigenvalue weighted by Crippen LogP contribution is 2.15. The molecule has 0 aliphatic carbocycles. The molecule has 1 aromatic carbocycles. The van der Waals surface area contributed by atoms with E-state index < -0.39 is 0 Å². The van der Waals surface area contributed by atoms with Crippen molar-refractivity contribution in [1.82, 2.24) is 4.57 Å². The molecule has 0 bridgehead atoms. The van der Waals surface area contributed by atoms with E-state index in [0.29, 0.717) is 0 Å². The number of benzene rings is 1. The molecule has 2 aromatic rings. The van der Waals surface area contributed by atoms with Gasteiger partial charge in [-0.3, -0.25) is 0 Å². The molecule has 1 heterocycles. The predicted molar refractivity (Wildman–Crippen MR) is 82.7 cm³/mol.